The molecule has 1 fully saturated rings. The van der Waals surface area contributed by atoms with E-state index in [1.165, 1.54) is 5.69 Å². The summed E-state index contributed by atoms with van der Waals surface area (Å²) in [6.45, 7) is 2.85. The Balaban J connectivity index is 1.33. The van der Waals surface area contributed by atoms with Gasteiger partial charge in [0.2, 0.25) is 0 Å². The molecule has 2 atom stereocenters. The molecule has 0 unspecified atom stereocenters. The molecule has 2 aliphatic heterocycles. The highest BCUT2D eigenvalue weighted by Gasteiger charge is 2.25. The minimum Gasteiger partial charge on any atom is -0.390 e. The van der Waals surface area contributed by atoms with Crippen LogP contribution in [0.5, 0.6) is 0 Å². The van der Waals surface area contributed by atoms with Crippen molar-refractivity contribution < 1.29 is 14.4 Å². The minimum absolute atomic E-state index is 0.208. The number of rotatable bonds is 6. The van der Waals surface area contributed by atoms with Gasteiger partial charge in [-0.05, 0) is 24.5 Å². The summed E-state index contributed by atoms with van der Waals surface area (Å²) in [4.78, 5) is 30.3. The van der Waals surface area contributed by atoms with Crippen LogP contribution in [0, 0.1) is 5.92 Å². The molecule has 3 rings (SSSR count). The predicted octanol–water partition coefficient (Wildman–Crippen LogP) is 0.442. The fourth-order valence-corrected chi connectivity index (χ4v) is 3.06. The molecule has 134 valence electrons. The number of carbonyl (C=O) groups excluding carboxylic acids is 2. The number of benzene rings is 1. The first kappa shape index (κ1) is 17.1. The summed E-state index contributed by atoms with van der Waals surface area (Å²) in [5.41, 5.74) is 6.56. The smallest absolute Gasteiger partial charge is 0.314 e. The molecule has 3 amide bonds. The average molecular weight is 345 g/mol. The molecule has 2 heterocycles. The molecule has 0 spiro atoms. The zero-order chi connectivity index (χ0) is 17.6. The Labute approximate surface area is 146 Å². The summed E-state index contributed by atoms with van der Waals surface area (Å²) in [6.07, 6.45) is 1.04. The highest BCUT2D eigenvalue weighted by molar-refractivity contribution is 6.38. The number of urea groups is 1. The van der Waals surface area contributed by atoms with Crippen LogP contribution in [-0.4, -0.2) is 49.9 Å². The van der Waals surface area contributed by atoms with Gasteiger partial charge in [-0.1, -0.05) is 23.4 Å². The van der Waals surface area contributed by atoms with Crippen molar-refractivity contribution in [3.8, 4) is 0 Å². The van der Waals surface area contributed by atoms with Crippen LogP contribution in [0.25, 0.3) is 0 Å². The number of oxime groups is 1. The molecule has 0 aromatic heterocycles. The summed E-state index contributed by atoms with van der Waals surface area (Å²) in [5, 5.41) is 9.24. The number of hydrogen-bond acceptors (Lipinski definition) is 5. The van der Waals surface area contributed by atoms with E-state index in [0.29, 0.717) is 18.9 Å². The van der Waals surface area contributed by atoms with E-state index < -0.39 is 5.91 Å². The van der Waals surface area contributed by atoms with Gasteiger partial charge in [-0.25, -0.2) is 4.79 Å². The van der Waals surface area contributed by atoms with E-state index in [2.05, 4.69) is 32.8 Å². The molecular weight excluding hydrogens is 322 g/mol. The molecule has 0 radical (unpaired) electrons. The number of nitrogens with two attached hydrogens (primary N) is 1. The van der Waals surface area contributed by atoms with Gasteiger partial charge in [-0.2, -0.15) is 0 Å². The number of primary amides is 1. The van der Waals surface area contributed by atoms with E-state index in [9.17, 15) is 9.59 Å². The average Bonchev–Trinajstić information content (AvgIpc) is 3.28. The largest absolute Gasteiger partial charge is 0.390 e. The number of hydrogen-bond donors (Lipinski definition) is 3. The van der Waals surface area contributed by atoms with Crippen molar-refractivity contribution in [1.82, 2.24) is 10.6 Å². The molecule has 0 bridgehead atoms. The van der Waals surface area contributed by atoms with Gasteiger partial charge in [0.1, 0.15) is 5.71 Å². The first-order valence-corrected chi connectivity index (χ1v) is 8.46. The topological polar surface area (TPSA) is 109 Å². The van der Waals surface area contributed by atoms with Crippen LogP contribution in [0.15, 0.2) is 35.5 Å². The molecule has 0 saturated carbocycles. The lowest BCUT2D eigenvalue weighted by atomic mass is 10.1. The van der Waals surface area contributed by atoms with Crippen LogP contribution in [0.4, 0.5) is 10.5 Å². The van der Waals surface area contributed by atoms with Crippen molar-refractivity contribution in [2.45, 2.75) is 18.9 Å². The first-order valence-electron chi connectivity index (χ1n) is 8.46. The van der Waals surface area contributed by atoms with Crippen LogP contribution in [0.2, 0.25) is 0 Å². The van der Waals surface area contributed by atoms with Gasteiger partial charge in [-0.3, -0.25) is 4.79 Å². The summed E-state index contributed by atoms with van der Waals surface area (Å²) < 4.78 is 0. The van der Waals surface area contributed by atoms with Gasteiger partial charge >= 0.3 is 6.03 Å². The van der Waals surface area contributed by atoms with Gasteiger partial charge in [0.05, 0.1) is 6.54 Å². The maximum absolute atomic E-state index is 11.9. The Kier molecular flexibility index (Phi) is 5.37. The Bertz CT molecular complexity index is 649. The Hall–Kier alpha value is -2.77. The number of carbonyl (C=O) groups is 2. The second-order valence-corrected chi connectivity index (χ2v) is 6.36. The molecule has 8 heteroatoms. The number of anilines is 1. The molecule has 4 N–H and O–H groups in total. The zero-order valence-corrected chi connectivity index (χ0v) is 14.0. The molecule has 2 aliphatic rings. The highest BCUT2D eigenvalue weighted by atomic mass is 16.6. The normalized spacial score (nSPS) is 22.2. The quantitative estimate of drug-likeness (QED) is 0.695. The third kappa shape index (κ3) is 4.62. The van der Waals surface area contributed by atoms with E-state index in [-0.39, 0.29) is 24.4 Å². The van der Waals surface area contributed by atoms with Gasteiger partial charge in [0, 0.05) is 31.7 Å². The lowest BCUT2D eigenvalue weighted by Crippen LogP contribution is -2.42. The van der Waals surface area contributed by atoms with Gasteiger partial charge in [-0.15, -0.1) is 0 Å². The number of nitrogens with zero attached hydrogens (tertiary/aromatic N) is 2. The van der Waals surface area contributed by atoms with E-state index in [4.69, 9.17) is 10.6 Å². The first-order chi connectivity index (χ1) is 12.1. The summed E-state index contributed by atoms with van der Waals surface area (Å²) in [7, 11) is 0. The number of para-hydroxylation sites is 1. The molecule has 1 aromatic carbocycles. The fourth-order valence-electron chi connectivity index (χ4n) is 3.06. The van der Waals surface area contributed by atoms with E-state index in [1.807, 2.05) is 18.2 Å². The Morgan fingerprint density at radius 1 is 1.24 bits per heavy atom. The lowest BCUT2D eigenvalue weighted by molar-refractivity contribution is -0.112. The molecule has 8 nitrogen and oxygen atoms in total. The monoisotopic (exact) mass is 345 g/mol. The second kappa shape index (κ2) is 7.87. The molecular formula is C17H23N5O3. The fraction of sp³-hybridized carbons (Fsp3) is 0.471. The highest BCUT2D eigenvalue weighted by Crippen LogP contribution is 2.22. The second-order valence-electron chi connectivity index (χ2n) is 6.36. The van der Waals surface area contributed by atoms with E-state index in [1.54, 1.807) is 0 Å². The maximum Gasteiger partial charge on any atom is 0.314 e. The van der Waals surface area contributed by atoms with Gasteiger partial charge in [0.25, 0.3) is 5.91 Å². The van der Waals surface area contributed by atoms with Crippen LogP contribution < -0.4 is 21.3 Å². The SMILES string of the molecule is NC(=O)C1=NO[C@@H](CNC(=O)NC[C@H]2CCN(c3ccccc3)C2)C1. The van der Waals surface area contributed by atoms with Crippen molar-refractivity contribution in [2.24, 2.45) is 16.8 Å². The number of nitrogens with one attached hydrogen (secondary N) is 2. The van der Waals surface area contributed by atoms with Crippen molar-refractivity contribution in [1.29, 1.82) is 0 Å². The van der Waals surface area contributed by atoms with Crippen LogP contribution in [0.1, 0.15) is 12.8 Å². The third-order valence-corrected chi connectivity index (χ3v) is 4.47. The van der Waals surface area contributed by atoms with Crippen molar-refractivity contribution in [2.75, 3.05) is 31.1 Å². The molecule has 0 aliphatic carbocycles. The van der Waals surface area contributed by atoms with E-state index >= 15 is 0 Å². The zero-order valence-electron chi connectivity index (χ0n) is 14.0. The summed E-state index contributed by atoms with van der Waals surface area (Å²) in [5.74, 6) is -0.158. The van der Waals surface area contributed by atoms with Gasteiger partial charge < -0.3 is 26.1 Å². The lowest BCUT2D eigenvalue weighted by Gasteiger charge is -2.19. The van der Waals surface area contributed by atoms with Crippen LogP contribution in [-0.2, 0) is 9.63 Å². The Morgan fingerprint density at radius 2 is 2.00 bits per heavy atom. The maximum atomic E-state index is 11.9. The van der Waals surface area contributed by atoms with Crippen molar-refractivity contribution in [3.05, 3.63) is 30.3 Å². The van der Waals surface area contributed by atoms with E-state index in [0.717, 1.165) is 19.5 Å². The van der Waals surface area contributed by atoms with Gasteiger partial charge in [0.15, 0.2) is 6.10 Å². The standard InChI is InChI=1S/C17H23N5O3/c18-16(23)15-8-14(25-21-15)10-20-17(24)19-9-12-6-7-22(11-12)13-4-2-1-3-5-13/h1-5,12,14H,6-11H2,(H2,18,23)(H2,19,20,24)/t12-,14-/m1/s1. The Morgan fingerprint density at radius 3 is 2.72 bits per heavy atom. The minimum atomic E-state index is -0.587. The molecule has 1 saturated heterocycles. The molecule has 25 heavy (non-hydrogen) atoms. The van der Waals surface area contributed by atoms with Crippen molar-refractivity contribution in [3.63, 3.8) is 0 Å². The predicted molar refractivity (Wildman–Crippen MR) is 94.3 cm³/mol. The summed E-state index contributed by atoms with van der Waals surface area (Å²) in [6, 6.07) is 10.0. The van der Waals surface area contributed by atoms with Crippen molar-refractivity contribution >= 4 is 23.3 Å². The van der Waals surface area contributed by atoms with Crippen LogP contribution in [0.3, 0.4) is 0 Å². The number of amides is 3. The third-order valence-electron chi connectivity index (χ3n) is 4.47. The summed E-state index contributed by atoms with van der Waals surface area (Å²) >= 11 is 0. The van der Waals surface area contributed by atoms with Crippen LogP contribution >= 0.6 is 0 Å². The molecule has 1 aromatic rings.